The highest BCUT2D eigenvalue weighted by Crippen LogP contribution is 2.17. The average molecular weight is 236 g/mol. The van der Waals surface area contributed by atoms with Crippen LogP contribution in [0.3, 0.4) is 0 Å². The molecule has 2 aromatic rings. The van der Waals surface area contributed by atoms with E-state index in [9.17, 15) is 0 Å². The minimum atomic E-state index is 0.502. The minimum absolute atomic E-state index is 0.502. The summed E-state index contributed by atoms with van der Waals surface area (Å²) in [5, 5.41) is 0. The van der Waals surface area contributed by atoms with Gasteiger partial charge >= 0.3 is 0 Å². The van der Waals surface area contributed by atoms with E-state index in [4.69, 9.17) is 18.0 Å². The molecule has 6 nitrogen and oxygen atoms in total. The van der Waals surface area contributed by atoms with Crippen molar-refractivity contribution in [3.8, 4) is 0 Å². The molecule has 3 N–H and O–H groups in total. The first-order valence-corrected chi connectivity index (χ1v) is 5.23. The van der Waals surface area contributed by atoms with E-state index >= 15 is 0 Å². The smallest absolute Gasteiger partial charge is 0.182 e. The summed E-state index contributed by atoms with van der Waals surface area (Å²) in [6, 6.07) is 0. The van der Waals surface area contributed by atoms with Crippen LogP contribution in [0.1, 0.15) is 6.42 Å². The van der Waals surface area contributed by atoms with E-state index in [1.54, 1.807) is 6.33 Å². The highest BCUT2D eigenvalue weighted by molar-refractivity contribution is 7.80. The number of aromatic nitrogens is 4. The molecule has 0 aliphatic carbocycles. The van der Waals surface area contributed by atoms with E-state index in [1.807, 2.05) is 11.9 Å². The molecular weight excluding hydrogens is 224 g/mol. The van der Waals surface area contributed by atoms with Gasteiger partial charge < -0.3 is 15.6 Å². The fourth-order valence-corrected chi connectivity index (χ4v) is 1.52. The van der Waals surface area contributed by atoms with Crippen molar-refractivity contribution in [2.24, 2.45) is 5.73 Å². The predicted molar refractivity (Wildman–Crippen MR) is 66.4 cm³/mol. The number of thiocarbonyl (C=S) groups is 1. The summed E-state index contributed by atoms with van der Waals surface area (Å²) in [5.74, 6) is 0.804. The number of nitrogens with two attached hydrogens (primary N) is 1. The summed E-state index contributed by atoms with van der Waals surface area (Å²) in [4.78, 5) is 17.8. The van der Waals surface area contributed by atoms with Gasteiger partial charge in [-0.1, -0.05) is 12.2 Å². The van der Waals surface area contributed by atoms with Crippen LogP contribution in [0.4, 0.5) is 5.82 Å². The third kappa shape index (κ3) is 2.08. The Morgan fingerprint density at radius 2 is 2.31 bits per heavy atom. The van der Waals surface area contributed by atoms with Crippen molar-refractivity contribution in [2.75, 3.05) is 18.5 Å². The Bertz CT molecular complexity index is 507. The lowest BCUT2D eigenvalue weighted by molar-refractivity contribution is 0.899. The fraction of sp³-hybridized carbons (Fsp3) is 0.333. The van der Waals surface area contributed by atoms with E-state index in [0.29, 0.717) is 17.1 Å². The van der Waals surface area contributed by atoms with E-state index in [2.05, 4.69) is 19.9 Å². The van der Waals surface area contributed by atoms with Crippen LogP contribution >= 0.6 is 12.2 Å². The van der Waals surface area contributed by atoms with Gasteiger partial charge in [0.25, 0.3) is 0 Å². The lowest BCUT2D eigenvalue weighted by atomic mass is 10.3. The van der Waals surface area contributed by atoms with Crippen LogP contribution < -0.4 is 10.6 Å². The Balaban J connectivity index is 2.25. The van der Waals surface area contributed by atoms with Gasteiger partial charge in [-0.2, -0.15) is 0 Å². The molecule has 0 spiro atoms. The molecule has 0 saturated heterocycles. The van der Waals surface area contributed by atoms with Crippen LogP contribution in [0, 0.1) is 0 Å². The molecule has 7 heteroatoms. The van der Waals surface area contributed by atoms with Crippen molar-refractivity contribution in [3.05, 3.63) is 12.7 Å². The highest BCUT2D eigenvalue weighted by Gasteiger charge is 2.09. The topological polar surface area (TPSA) is 83.7 Å². The minimum Gasteiger partial charge on any atom is -0.393 e. The largest absolute Gasteiger partial charge is 0.393 e. The van der Waals surface area contributed by atoms with E-state index in [1.165, 1.54) is 6.33 Å². The molecule has 0 atom stereocenters. The summed E-state index contributed by atoms with van der Waals surface area (Å²) in [7, 11) is 1.93. The molecule has 2 aromatic heterocycles. The second-order valence-corrected chi connectivity index (χ2v) is 3.96. The van der Waals surface area contributed by atoms with Crippen molar-refractivity contribution >= 4 is 34.2 Å². The Labute approximate surface area is 97.9 Å². The first kappa shape index (κ1) is 10.7. The maximum Gasteiger partial charge on any atom is 0.182 e. The number of nitrogens with zero attached hydrogens (tertiary/aromatic N) is 4. The Morgan fingerprint density at radius 1 is 1.50 bits per heavy atom. The predicted octanol–water partition coefficient (Wildman–Crippen LogP) is 0.465. The zero-order valence-electron chi connectivity index (χ0n) is 8.84. The van der Waals surface area contributed by atoms with E-state index < -0.39 is 0 Å². The summed E-state index contributed by atoms with van der Waals surface area (Å²) in [5.41, 5.74) is 6.95. The van der Waals surface area contributed by atoms with Gasteiger partial charge in [0.2, 0.25) is 0 Å². The molecule has 0 saturated carbocycles. The van der Waals surface area contributed by atoms with Crippen molar-refractivity contribution in [1.29, 1.82) is 0 Å². The summed E-state index contributed by atoms with van der Waals surface area (Å²) < 4.78 is 0. The molecule has 0 radical (unpaired) electrons. The van der Waals surface area contributed by atoms with E-state index in [-0.39, 0.29) is 0 Å². The van der Waals surface area contributed by atoms with Gasteiger partial charge in [0.1, 0.15) is 11.8 Å². The van der Waals surface area contributed by atoms with Crippen molar-refractivity contribution in [2.45, 2.75) is 6.42 Å². The molecule has 0 aromatic carbocycles. The quantitative estimate of drug-likeness (QED) is 0.751. The SMILES string of the molecule is CN(CCC(N)=S)c1ncnc2nc[nH]c12. The third-order valence-electron chi connectivity index (χ3n) is 2.26. The normalized spacial score (nSPS) is 10.6. The van der Waals surface area contributed by atoms with Crippen LogP contribution in [0.15, 0.2) is 12.7 Å². The maximum atomic E-state index is 5.46. The number of hydrogen-bond acceptors (Lipinski definition) is 5. The summed E-state index contributed by atoms with van der Waals surface area (Å²) in [6.45, 7) is 0.723. The van der Waals surface area contributed by atoms with Crippen molar-refractivity contribution in [3.63, 3.8) is 0 Å². The van der Waals surface area contributed by atoms with Gasteiger partial charge in [-0.05, 0) is 0 Å². The maximum absolute atomic E-state index is 5.46. The number of H-pyrrole nitrogens is 1. The molecular formula is C9H12N6S. The van der Waals surface area contributed by atoms with Gasteiger partial charge in [-0.15, -0.1) is 0 Å². The second-order valence-electron chi connectivity index (χ2n) is 3.44. The van der Waals surface area contributed by atoms with Crippen molar-refractivity contribution < 1.29 is 0 Å². The number of imidazole rings is 1. The van der Waals surface area contributed by atoms with Crippen LogP contribution in [-0.2, 0) is 0 Å². The monoisotopic (exact) mass is 236 g/mol. The number of anilines is 1. The first-order valence-electron chi connectivity index (χ1n) is 4.82. The number of hydrogen-bond donors (Lipinski definition) is 2. The zero-order chi connectivity index (χ0) is 11.5. The number of fused-ring (bicyclic) bond motifs is 1. The van der Waals surface area contributed by atoms with E-state index in [0.717, 1.165) is 17.9 Å². The molecule has 0 bridgehead atoms. The van der Waals surface area contributed by atoms with Gasteiger partial charge in [-0.3, -0.25) is 0 Å². The molecule has 16 heavy (non-hydrogen) atoms. The Kier molecular flexibility index (Phi) is 2.95. The molecule has 0 unspecified atom stereocenters. The summed E-state index contributed by atoms with van der Waals surface area (Å²) >= 11 is 4.84. The number of aromatic amines is 1. The highest BCUT2D eigenvalue weighted by atomic mass is 32.1. The van der Waals surface area contributed by atoms with Crippen LogP contribution in [0.25, 0.3) is 11.2 Å². The standard InChI is InChI=1S/C9H12N6S/c1-15(3-2-6(10)16)9-7-8(12-4-11-7)13-5-14-9/h4-5H,2-3H2,1H3,(H2,10,16)(H,11,12,13,14). The summed E-state index contributed by atoms with van der Waals surface area (Å²) in [6.07, 6.45) is 3.76. The lowest BCUT2D eigenvalue weighted by Gasteiger charge is -2.17. The average Bonchev–Trinajstić information content (AvgIpc) is 2.73. The van der Waals surface area contributed by atoms with Gasteiger partial charge in [0.15, 0.2) is 11.5 Å². The van der Waals surface area contributed by atoms with Crippen LogP contribution in [0.5, 0.6) is 0 Å². The van der Waals surface area contributed by atoms with Crippen LogP contribution in [0.2, 0.25) is 0 Å². The van der Waals surface area contributed by atoms with Gasteiger partial charge in [0.05, 0.1) is 11.3 Å². The van der Waals surface area contributed by atoms with Crippen LogP contribution in [-0.4, -0.2) is 38.5 Å². The number of nitrogens with one attached hydrogen (secondary N) is 1. The molecule has 0 aliphatic heterocycles. The van der Waals surface area contributed by atoms with Crippen molar-refractivity contribution in [1.82, 2.24) is 19.9 Å². The molecule has 2 rings (SSSR count). The molecule has 2 heterocycles. The molecule has 0 aliphatic rings. The molecule has 0 fully saturated rings. The molecule has 84 valence electrons. The fourth-order valence-electron chi connectivity index (χ4n) is 1.43. The Morgan fingerprint density at radius 3 is 3.06 bits per heavy atom. The second kappa shape index (κ2) is 4.40. The lowest BCUT2D eigenvalue weighted by Crippen LogP contribution is -2.24. The van der Waals surface area contributed by atoms with Gasteiger partial charge in [0, 0.05) is 20.0 Å². The third-order valence-corrected chi connectivity index (χ3v) is 2.46. The first-order chi connectivity index (χ1) is 7.68. The number of rotatable bonds is 4. The molecule has 0 amide bonds. The Hall–Kier alpha value is -1.76. The van der Waals surface area contributed by atoms with Gasteiger partial charge in [-0.25, -0.2) is 15.0 Å². The zero-order valence-corrected chi connectivity index (χ0v) is 9.66.